The molecule has 0 saturated carbocycles. The molecule has 4 rings (SSSR count). The molecule has 3 aliphatic rings. The second-order valence-electron chi connectivity index (χ2n) is 6.58. The molecule has 6 atom stereocenters. The molecular formula is C18H25NO6. The van der Waals surface area contributed by atoms with Crippen molar-refractivity contribution in [1.29, 1.82) is 0 Å². The molecule has 3 saturated heterocycles. The molecule has 7 heteroatoms. The summed E-state index contributed by atoms with van der Waals surface area (Å²) < 4.78 is 28.9. The molecule has 0 amide bonds. The van der Waals surface area contributed by atoms with Gasteiger partial charge in [-0.25, -0.2) is 0 Å². The van der Waals surface area contributed by atoms with Gasteiger partial charge in [-0.15, -0.1) is 0 Å². The minimum atomic E-state index is -0.725. The summed E-state index contributed by atoms with van der Waals surface area (Å²) in [5.74, 6) is 0. The molecule has 3 aliphatic heterocycles. The van der Waals surface area contributed by atoms with E-state index in [1.807, 2.05) is 30.3 Å². The van der Waals surface area contributed by atoms with Gasteiger partial charge in [-0.1, -0.05) is 30.3 Å². The van der Waals surface area contributed by atoms with Gasteiger partial charge in [0.05, 0.1) is 25.9 Å². The Kier molecular flexibility index (Phi) is 5.33. The zero-order valence-corrected chi connectivity index (χ0v) is 14.3. The molecule has 3 fully saturated rings. The Hall–Kier alpha value is -1.06. The number of benzene rings is 1. The lowest BCUT2D eigenvalue weighted by atomic mass is 9.94. The Morgan fingerprint density at radius 3 is 2.60 bits per heavy atom. The maximum absolute atomic E-state index is 11.1. The minimum Gasteiger partial charge on any atom is -0.388 e. The number of aliphatic hydroxyl groups excluding tert-OH is 1. The molecule has 25 heavy (non-hydrogen) atoms. The van der Waals surface area contributed by atoms with Crippen LogP contribution < -0.4 is 0 Å². The van der Waals surface area contributed by atoms with E-state index < -0.39 is 24.8 Å². The monoisotopic (exact) mass is 351 g/mol. The number of nitrogens with zero attached hydrogens (tertiary/aromatic N) is 1. The van der Waals surface area contributed by atoms with E-state index in [-0.39, 0.29) is 12.1 Å². The van der Waals surface area contributed by atoms with Crippen molar-refractivity contribution >= 4 is 0 Å². The highest BCUT2D eigenvalue weighted by atomic mass is 16.7. The molecule has 3 heterocycles. The van der Waals surface area contributed by atoms with Crippen LogP contribution >= 0.6 is 0 Å². The molecule has 0 radical (unpaired) electrons. The van der Waals surface area contributed by atoms with E-state index in [2.05, 4.69) is 4.90 Å². The van der Waals surface area contributed by atoms with Gasteiger partial charge < -0.3 is 28.8 Å². The highest BCUT2D eigenvalue weighted by Gasteiger charge is 2.51. The molecular weight excluding hydrogens is 326 g/mol. The lowest BCUT2D eigenvalue weighted by Crippen LogP contribution is -2.67. The smallest absolute Gasteiger partial charge is 0.184 e. The van der Waals surface area contributed by atoms with Crippen LogP contribution in [0.1, 0.15) is 11.9 Å². The number of fused-ring (bicyclic) bond motifs is 1. The third-order valence-electron chi connectivity index (χ3n) is 5.10. The second kappa shape index (κ2) is 7.67. The van der Waals surface area contributed by atoms with E-state index in [9.17, 15) is 5.11 Å². The van der Waals surface area contributed by atoms with Crippen LogP contribution in [0.5, 0.6) is 0 Å². The van der Waals surface area contributed by atoms with Crippen molar-refractivity contribution in [3.05, 3.63) is 35.9 Å². The van der Waals surface area contributed by atoms with Gasteiger partial charge in [0, 0.05) is 25.8 Å². The van der Waals surface area contributed by atoms with E-state index in [1.54, 1.807) is 7.11 Å². The average Bonchev–Trinajstić information content (AvgIpc) is 2.69. The van der Waals surface area contributed by atoms with Crippen molar-refractivity contribution < 1.29 is 28.8 Å². The topological polar surface area (TPSA) is 69.6 Å². The Labute approximate surface area is 147 Å². The van der Waals surface area contributed by atoms with E-state index in [1.165, 1.54) is 0 Å². The molecule has 7 nitrogen and oxygen atoms in total. The van der Waals surface area contributed by atoms with Gasteiger partial charge in [-0.05, 0) is 0 Å². The molecule has 1 unspecified atom stereocenters. The van der Waals surface area contributed by atoms with Crippen LogP contribution in [-0.2, 0) is 23.7 Å². The summed E-state index contributed by atoms with van der Waals surface area (Å²) >= 11 is 0. The van der Waals surface area contributed by atoms with Crippen LogP contribution in [0.15, 0.2) is 30.3 Å². The Morgan fingerprint density at radius 1 is 1.12 bits per heavy atom. The molecule has 0 spiro atoms. The Balaban J connectivity index is 1.52. The van der Waals surface area contributed by atoms with Gasteiger partial charge in [0.2, 0.25) is 0 Å². The number of rotatable bonds is 3. The third-order valence-corrected chi connectivity index (χ3v) is 5.10. The van der Waals surface area contributed by atoms with Crippen molar-refractivity contribution in [1.82, 2.24) is 4.90 Å². The minimum absolute atomic E-state index is 0.287. The predicted octanol–water partition coefficient (Wildman–Crippen LogP) is 0.534. The van der Waals surface area contributed by atoms with E-state index in [0.29, 0.717) is 19.8 Å². The summed E-state index contributed by atoms with van der Waals surface area (Å²) in [6, 6.07) is 9.46. The van der Waals surface area contributed by atoms with Gasteiger partial charge in [0.1, 0.15) is 18.3 Å². The fourth-order valence-electron chi connectivity index (χ4n) is 3.82. The number of ether oxygens (including phenoxy) is 5. The van der Waals surface area contributed by atoms with E-state index in [0.717, 1.165) is 18.7 Å². The Morgan fingerprint density at radius 2 is 1.88 bits per heavy atom. The van der Waals surface area contributed by atoms with Gasteiger partial charge >= 0.3 is 0 Å². The fraction of sp³-hybridized carbons (Fsp3) is 0.667. The zero-order chi connectivity index (χ0) is 17.2. The lowest BCUT2D eigenvalue weighted by molar-refractivity contribution is -0.351. The van der Waals surface area contributed by atoms with Crippen LogP contribution in [0.3, 0.4) is 0 Å². The highest BCUT2D eigenvalue weighted by Crippen LogP contribution is 2.35. The van der Waals surface area contributed by atoms with Crippen LogP contribution in [0.25, 0.3) is 0 Å². The van der Waals surface area contributed by atoms with Crippen LogP contribution in [0, 0.1) is 0 Å². The fourth-order valence-corrected chi connectivity index (χ4v) is 3.82. The molecule has 0 bridgehead atoms. The summed E-state index contributed by atoms with van der Waals surface area (Å²) in [5, 5.41) is 11.1. The highest BCUT2D eigenvalue weighted by molar-refractivity contribution is 5.16. The SMILES string of the molecule is CO[C@H]1O[C@@H]2COC(c3ccccc3)O[C@H]2[C@H](O)[C@H]1N1CCOCC1. The Bertz CT molecular complexity index is 552. The van der Waals surface area contributed by atoms with Crippen molar-refractivity contribution in [2.45, 2.75) is 36.9 Å². The second-order valence-corrected chi connectivity index (χ2v) is 6.58. The average molecular weight is 351 g/mol. The van der Waals surface area contributed by atoms with Gasteiger partial charge in [0.25, 0.3) is 0 Å². The summed E-state index contributed by atoms with van der Waals surface area (Å²) in [6.07, 6.45) is -2.55. The lowest BCUT2D eigenvalue weighted by Gasteiger charge is -2.50. The van der Waals surface area contributed by atoms with Crippen molar-refractivity contribution in [2.75, 3.05) is 40.0 Å². The summed E-state index contributed by atoms with van der Waals surface area (Å²) in [7, 11) is 1.60. The van der Waals surface area contributed by atoms with E-state index >= 15 is 0 Å². The number of hydrogen-bond acceptors (Lipinski definition) is 7. The first kappa shape index (κ1) is 17.4. The normalized spacial score (nSPS) is 39.8. The maximum atomic E-state index is 11.1. The maximum Gasteiger partial charge on any atom is 0.184 e. The summed E-state index contributed by atoms with van der Waals surface area (Å²) in [4.78, 5) is 2.16. The predicted molar refractivity (Wildman–Crippen MR) is 87.9 cm³/mol. The van der Waals surface area contributed by atoms with Gasteiger partial charge in [0.15, 0.2) is 12.6 Å². The molecule has 1 aromatic carbocycles. The van der Waals surface area contributed by atoms with Crippen molar-refractivity contribution in [3.63, 3.8) is 0 Å². The number of methoxy groups -OCH3 is 1. The first-order valence-corrected chi connectivity index (χ1v) is 8.78. The van der Waals surface area contributed by atoms with Crippen molar-refractivity contribution in [2.24, 2.45) is 0 Å². The number of hydrogen-bond donors (Lipinski definition) is 1. The van der Waals surface area contributed by atoms with Crippen LogP contribution in [-0.4, -0.2) is 80.7 Å². The van der Waals surface area contributed by atoms with Crippen LogP contribution in [0.2, 0.25) is 0 Å². The first-order chi connectivity index (χ1) is 12.3. The molecule has 1 N–H and O–H groups in total. The largest absolute Gasteiger partial charge is 0.388 e. The van der Waals surface area contributed by atoms with E-state index in [4.69, 9.17) is 23.7 Å². The van der Waals surface area contributed by atoms with Gasteiger partial charge in [-0.2, -0.15) is 0 Å². The first-order valence-electron chi connectivity index (χ1n) is 8.78. The third kappa shape index (κ3) is 3.46. The molecule has 0 aliphatic carbocycles. The number of morpholine rings is 1. The van der Waals surface area contributed by atoms with Crippen LogP contribution in [0.4, 0.5) is 0 Å². The quantitative estimate of drug-likeness (QED) is 0.852. The number of aliphatic hydroxyl groups is 1. The molecule has 1 aromatic rings. The van der Waals surface area contributed by atoms with Crippen molar-refractivity contribution in [3.8, 4) is 0 Å². The zero-order valence-electron chi connectivity index (χ0n) is 14.3. The summed E-state index contributed by atoms with van der Waals surface area (Å²) in [5.41, 5.74) is 0.935. The van der Waals surface area contributed by atoms with Gasteiger partial charge in [-0.3, -0.25) is 4.90 Å². The summed E-state index contributed by atoms with van der Waals surface area (Å²) in [6.45, 7) is 3.12. The standard InChI is InChI=1S/C18H25NO6/c1-21-18-14(19-7-9-22-10-8-19)15(20)16-13(24-18)11-23-17(25-16)12-5-3-2-4-6-12/h2-6,13-18,20H,7-11H2,1H3/t13-,14-,15-,16-,17?,18+/m1/s1. The molecule has 138 valence electrons. The molecule has 0 aromatic heterocycles.